The lowest BCUT2D eigenvalue weighted by molar-refractivity contribution is -0.149. The molecule has 1 aromatic heterocycles. The van der Waals surface area contributed by atoms with Crippen LogP contribution in [-0.2, 0) is 24.6 Å². The third-order valence-corrected chi connectivity index (χ3v) is 7.86. The number of hydrogen-bond acceptors (Lipinski definition) is 8. The maximum absolute atomic E-state index is 13.3. The minimum Gasteiger partial charge on any atom is -0.469 e. The number of rotatable bonds is 6. The van der Waals surface area contributed by atoms with Crippen molar-refractivity contribution in [2.24, 2.45) is 5.92 Å². The van der Waals surface area contributed by atoms with Gasteiger partial charge >= 0.3 is 11.9 Å². The Morgan fingerprint density at radius 1 is 1.08 bits per heavy atom. The molecule has 1 aliphatic rings. The van der Waals surface area contributed by atoms with Gasteiger partial charge in [-0.3, -0.25) is 4.79 Å². The summed E-state index contributed by atoms with van der Waals surface area (Å²) in [6, 6.07) is 14.1. The van der Waals surface area contributed by atoms with E-state index in [-0.39, 0.29) is 0 Å². The molecule has 10 heteroatoms. The number of carbonyl (C=O) groups is 2. The molecule has 2 heterocycles. The van der Waals surface area contributed by atoms with Crippen LogP contribution in [-0.4, -0.2) is 37.2 Å². The Morgan fingerprint density at radius 3 is 2.44 bits per heavy atom. The lowest BCUT2D eigenvalue weighted by Gasteiger charge is -2.46. The van der Waals surface area contributed by atoms with Crippen molar-refractivity contribution in [3.8, 4) is 11.3 Å². The number of thiazole rings is 1. The predicted molar refractivity (Wildman–Crippen MR) is 142 cm³/mol. The standard InChI is InChI=1S/C26H25Cl2N3O4S/c1-14-20(23(32)34-3)22(21(24(33)35-4)26(2,31-14)16-8-6-5-7-9-16)30-25-29-19(13-36-25)15-10-11-17(27)18(28)12-15/h5-13,21-22,31H,1-4H3,(H,29,30). The third kappa shape index (κ3) is 4.81. The van der Waals surface area contributed by atoms with Gasteiger partial charge in [-0.1, -0.05) is 59.6 Å². The summed E-state index contributed by atoms with van der Waals surface area (Å²) in [6.07, 6.45) is 0. The molecule has 1 aliphatic heterocycles. The largest absolute Gasteiger partial charge is 0.469 e. The van der Waals surface area contributed by atoms with E-state index < -0.39 is 29.4 Å². The van der Waals surface area contributed by atoms with Crippen LogP contribution in [0.2, 0.25) is 10.0 Å². The van der Waals surface area contributed by atoms with Crippen LogP contribution in [0.4, 0.5) is 5.13 Å². The van der Waals surface area contributed by atoms with Crippen molar-refractivity contribution in [3.63, 3.8) is 0 Å². The van der Waals surface area contributed by atoms with Crippen molar-refractivity contribution >= 4 is 51.6 Å². The molecule has 4 rings (SSSR count). The summed E-state index contributed by atoms with van der Waals surface area (Å²) >= 11 is 13.6. The molecule has 0 saturated heterocycles. The average molecular weight is 546 g/mol. The second-order valence-electron chi connectivity index (χ2n) is 8.51. The SMILES string of the molecule is COC(=O)C1=C(C)NC(C)(c2ccccc2)C(C(=O)OC)C1Nc1nc(-c2ccc(Cl)c(Cl)c2)cs1. The summed E-state index contributed by atoms with van der Waals surface area (Å²) < 4.78 is 10.3. The number of esters is 2. The summed E-state index contributed by atoms with van der Waals surface area (Å²) in [5, 5.41) is 9.98. The Bertz CT molecular complexity index is 1330. The molecule has 3 aromatic rings. The number of aromatic nitrogens is 1. The number of ether oxygens (including phenoxy) is 2. The summed E-state index contributed by atoms with van der Waals surface area (Å²) in [4.78, 5) is 30.9. The molecule has 0 radical (unpaired) electrons. The molecule has 0 aliphatic carbocycles. The number of allylic oxidation sites excluding steroid dienone is 1. The normalized spacial score (nSPS) is 21.5. The van der Waals surface area contributed by atoms with Crippen molar-refractivity contribution in [1.82, 2.24) is 10.3 Å². The van der Waals surface area contributed by atoms with Gasteiger partial charge in [0.05, 0.1) is 47.1 Å². The number of methoxy groups -OCH3 is 2. The second kappa shape index (κ2) is 10.5. The lowest BCUT2D eigenvalue weighted by Crippen LogP contribution is -2.60. The summed E-state index contributed by atoms with van der Waals surface area (Å²) in [6.45, 7) is 3.71. The second-order valence-corrected chi connectivity index (χ2v) is 10.2. The van der Waals surface area contributed by atoms with Gasteiger partial charge in [-0.25, -0.2) is 9.78 Å². The van der Waals surface area contributed by atoms with Gasteiger partial charge in [0.25, 0.3) is 0 Å². The van der Waals surface area contributed by atoms with E-state index in [0.29, 0.717) is 32.1 Å². The first-order valence-electron chi connectivity index (χ1n) is 11.1. The van der Waals surface area contributed by atoms with E-state index in [1.165, 1.54) is 25.6 Å². The van der Waals surface area contributed by atoms with E-state index in [2.05, 4.69) is 15.6 Å². The van der Waals surface area contributed by atoms with Crippen molar-refractivity contribution in [1.29, 1.82) is 0 Å². The highest BCUT2D eigenvalue weighted by molar-refractivity contribution is 7.14. The highest BCUT2D eigenvalue weighted by Gasteiger charge is 2.52. The maximum atomic E-state index is 13.3. The van der Waals surface area contributed by atoms with E-state index in [4.69, 9.17) is 32.7 Å². The van der Waals surface area contributed by atoms with Crippen molar-refractivity contribution < 1.29 is 19.1 Å². The number of nitrogens with one attached hydrogen (secondary N) is 2. The van der Waals surface area contributed by atoms with E-state index in [1.807, 2.05) is 48.7 Å². The van der Waals surface area contributed by atoms with Crippen LogP contribution in [0.15, 0.2) is 65.2 Å². The first-order chi connectivity index (χ1) is 17.2. The van der Waals surface area contributed by atoms with Gasteiger partial charge in [-0.2, -0.15) is 0 Å². The van der Waals surface area contributed by atoms with Crippen LogP contribution in [0.3, 0.4) is 0 Å². The highest BCUT2D eigenvalue weighted by atomic mass is 35.5. The zero-order chi connectivity index (χ0) is 26.0. The molecule has 0 amide bonds. The molecular formula is C26H25Cl2N3O4S. The zero-order valence-electron chi connectivity index (χ0n) is 20.1. The number of nitrogens with zero attached hydrogens (tertiary/aromatic N) is 1. The molecular weight excluding hydrogens is 521 g/mol. The molecule has 3 unspecified atom stereocenters. The molecule has 0 fully saturated rings. The van der Waals surface area contributed by atoms with Crippen LogP contribution in [0.5, 0.6) is 0 Å². The lowest BCUT2D eigenvalue weighted by atomic mass is 9.70. The smallest absolute Gasteiger partial charge is 0.337 e. The number of carbonyl (C=O) groups excluding carboxylic acids is 2. The van der Waals surface area contributed by atoms with E-state index in [1.54, 1.807) is 19.1 Å². The highest BCUT2D eigenvalue weighted by Crippen LogP contribution is 2.42. The molecule has 3 atom stereocenters. The Hall–Kier alpha value is -3.07. The zero-order valence-corrected chi connectivity index (χ0v) is 22.4. The van der Waals surface area contributed by atoms with Crippen LogP contribution in [0.1, 0.15) is 19.4 Å². The van der Waals surface area contributed by atoms with Crippen molar-refractivity contribution in [2.75, 3.05) is 19.5 Å². The Kier molecular flexibility index (Phi) is 7.59. The van der Waals surface area contributed by atoms with Gasteiger partial charge in [-0.15, -0.1) is 11.3 Å². The average Bonchev–Trinajstić information content (AvgIpc) is 3.34. The molecule has 0 spiro atoms. The minimum atomic E-state index is -0.891. The van der Waals surface area contributed by atoms with E-state index in [9.17, 15) is 9.59 Å². The molecule has 7 nitrogen and oxygen atoms in total. The van der Waals surface area contributed by atoms with Crippen LogP contribution in [0.25, 0.3) is 11.3 Å². The van der Waals surface area contributed by atoms with Crippen LogP contribution in [0, 0.1) is 5.92 Å². The molecule has 2 N–H and O–H groups in total. The molecule has 188 valence electrons. The number of benzene rings is 2. The van der Waals surface area contributed by atoms with E-state index >= 15 is 0 Å². The molecule has 36 heavy (non-hydrogen) atoms. The third-order valence-electron chi connectivity index (χ3n) is 6.35. The molecule has 0 bridgehead atoms. The van der Waals surface area contributed by atoms with Gasteiger partial charge in [0.15, 0.2) is 5.13 Å². The Labute approximate surface area is 223 Å². The van der Waals surface area contributed by atoms with E-state index in [0.717, 1.165) is 11.1 Å². The predicted octanol–water partition coefficient (Wildman–Crippen LogP) is 5.65. The first kappa shape index (κ1) is 26.0. The number of halogens is 2. The fourth-order valence-corrected chi connectivity index (χ4v) is 5.67. The fourth-order valence-electron chi connectivity index (χ4n) is 4.61. The quantitative estimate of drug-likeness (QED) is 0.386. The minimum absolute atomic E-state index is 0.299. The summed E-state index contributed by atoms with van der Waals surface area (Å²) in [5.74, 6) is -1.87. The topological polar surface area (TPSA) is 89.5 Å². The van der Waals surface area contributed by atoms with Crippen LogP contribution < -0.4 is 10.6 Å². The summed E-state index contributed by atoms with van der Waals surface area (Å²) in [5.41, 5.74) is 2.33. The van der Waals surface area contributed by atoms with Gasteiger partial charge in [0, 0.05) is 16.6 Å². The van der Waals surface area contributed by atoms with Gasteiger partial charge in [-0.05, 0) is 31.5 Å². The van der Waals surface area contributed by atoms with Gasteiger partial charge < -0.3 is 20.1 Å². The van der Waals surface area contributed by atoms with Crippen molar-refractivity contribution in [2.45, 2.75) is 25.4 Å². The number of hydrogen-bond donors (Lipinski definition) is 2. The Morgan fingerprint density at radius 2 is 1.81 bits per heavy atom. The fraction of sp³-hybridized carbons (Fsp3) is 0.269. The van der Waals surface area contributed by atoms with Gasteiger partial charge in [0.2, 0.25) is 0 Å². The summed E-state index contributed by atoms with van der Waals surface area (Å²) in [7, 11) is 2.64. The maximum Gasteiger partial charge on any atom is 0.337 e. The molecule has 0 saturated carbocycles. The number of anilines is 1. The first-order valence-corrected chi connectivity index (χ1v) is 12.7. The van der Waals surface area contributed by atoms with Crippen molar-refractivity contribution in [3.05, 3.63) is 80.8 Å². The van der Waals surface area contributed by atoms with Gasteiger partial charge in [0.1, 0.15) is 5.92 Å². The van der Waals surface area contributed by atoms with Crippen LogP contribution >= 0.6 is 34.5 Å². The Balaban J connectivity index is 1.80. The monoisotopic (exact) mass is 545 g/mol. The molecule has 2 aromatic carbocycles.